The third-order valence-corrected chi connectivity index (χ3v) is 3.88. The lowest BCUT2D eigenvalue weighted by atomic mass is 10.1. The topological polar surface area (TPSA) is 62.4 Å². The lowest BCUT2D eigenvalue weighted by Crippen LogP contribution is -2.21. The summed E-state index contributed by atoms with van der Waals surface area (Å²) in [7, 11) is 1.60. The van der Waals surface area contributed by atoms with Gasteiger partial charge in [0.15, 0.2) is 0 Å². The monoisotopic (exact) mass is 341 g/mol. The fourth-order valence-electron chi connectivity index (χ4n) is 2.72. The average molecular weight is 341 g/mol. The number of nitrogens with one attached hydrogen (secondary N) is 3. The average Bonchev–Trinajstić information content (AvgIpc) is 2.91. The SMILES string of the molecule is COCC(C)Nc1ccc(NC=C2C(=O)Nc3ccccc32)cc1F. The number of halogens is 1. The molecule has 0 radical (unpaired) electrons. The molecule has 130 valence electrons. The standard InChI is InChI=1S/C19H20FN3O2/c1-12(11-25-2)22-18-8-7-13(9-16(18)20)21-10-15-14-5-3-4-6-17(14)23-19(15)24/h3-10,12,21-22H,11H2,1-2H3,(H,23,24). The van der Waals surface area contributed by atoms with E-state index in [2.05, 4.69) is 16.0 Å². The van der Waals surface area contributed by atoms with Gasteiger partial charge in [-0.3, -0.25) is 4.79 Å². The minimum atomic E-state index is -0.373. The number of hydrogen-bond donors (Lipinski definition) is 3. The molecule has 25 heavy (non-hydrogen) atoms. The number of rotatable bonds is 6. The zero-order chi connectivity index (χ0) is 17.8. The van der Waals surface area contributed by atoms with Crippen molar-refractivity contribution in [3.8, 4) is 0 Å². The fraction of sp³-hybridized carbons (Fsp3) is 0.211. The summed E-state index contributed by atoms with van der Waals surface area (Å²) in [6.07, 6.45) is 1.59. The molecule has 3 N–H and O–H groups in total. The quantitative estimate of drug-likeness (QED) is 0.702. The summed E-state index contributed by atoms with van der Waals surface area (Å²) in [5.41, 5.74) is 3.09. The van der Waals surface area contributed by atoms with Gasteiger partial charge < -0.3 is 20.7 Å². The van der Waals surface area contributed by atoms with E-state index in [-0.39, 0.29) is 17.8 Å². The molecule has 6 heteroatoms. The fourth-order valence-corrected chi connectivity index (χ4v) is 2.72. The Morgan fingerprint density at radius 1 is 1.28 bits per heavy atom. The molecule has 0 aliphatic carbocycles. The Labute approximate surface area is 145 Å². The molecule has 1 aliphatic rings. The molecule has 1 atom stereocenters. The van der Waals surface area contributed by atoms with Crippen LogP contribution in [0.1, 0.15) is 12.5 Å². The van der Waals surface area contributed by atoms with E-state index in [0.717, 1.165) is 11.3 Å². The van der Waals surface area contributed by atoms with Crippen LogP contribution in [0.3, 0.4) is 0 Å². The molecule has 0 saturated heterocycles. The number of benzene rings is 2. The molecule has 0 aromatic heterocycles. The van der Waals surface area contributed by atoms with Gasteiger partial charge in [-0.1, -0.05) is 18.2 Å². The van der Waals surface area contributed by atoms with Gasteiger partial charge in [0, 0.05) is 36.3 Å². The number of fused-ring (bicyclic) bond motifs is 1. The largest absolute Gasteiger partial charge is 0.383 e. The van der Waals surface area contributed by atoms with Gasteiger partial charge in [0.05, 0.1) is 17.9 Å². The third kappa shape index (κ3) is 3.80. The van der Waals surface area contributed by atoms with E-state index in [1.165, 1.54) is 6.07 Å². The summed E-state index contributed by atoms with van der Waals surface area (Å²) < 4.78 is 19.3. The number of carbonyl (C=O) groups excluding carboxylic acids is 1. The molecule has 5 nitrogen and oxygen atoms in total. The lowest BCUT2D eigenvalue weighted by molar-refractivity contribution is -0.110. The van der Waals surface area contributed by atoms with Gasteiger partial charge in [-0.05, 0) is 31.2 Å². The Bertz CT molecular complexity index is 820. The number of para-hydroxylation sites is 1. The number of methoxy groups -OCH3 is 1. The van der Waals surface area contributed by atoms with Crippen molar-refractivity contribution in [3.63, 3.8) is 0 Å². The third-order valence-electron chi connectivity index (χ3n) is 3.88. The Balaban J connectivity index is 1.74. The van der Waals surface area contributed by atoms with Gasteiger partial charge in [-0.2, -0.15) is 0 Å². The molecule has 2 aromatic rings. The molecular formula is C19H20FN3O2. The summed E-state index contributed by atoms with van der Waals surface area (Å²) in [5, 5.41) is 8.83. The molecule has 3 rings (SSSR count). The zero-order valence-corrected chi connectivity index (χ0v) is 14.1. The number of carbonyl (C=O) groups is 1. The predicted octanol–water partition coefficient (Wildman–Crippen LogP) is 3.68. The molecule has 0 saturated carbocycles. The van der Waals surface area contributed by atoms with Crippen molar-refractivity contribution in [1.29, 1.82) is 0 Å². The highest BCUT2D eigenvalue weighted by Crippen LogP contribution is 2.31. The van der Waals surface area contributed by atoms with Crippen molar-refractivity contribution in [2.75, 3.05) is 29.7 Å². The summed E-state index contributed by atoms with van der Waals surface area (Å²) in [5.74, 6) is -0.552. The number of amides is 1. The summed E-state index contributed by atoms with van der Waals surface area (Å²) in [4.78, 5) is 12.0. The van der Waals surface area contributed by atoms with Crippen molar-refractivity contribution >= 4 is 28.5 Å². The first-order chi connectivity index (χ1) is 12.1. The van der Waals surface area contributed by atoms with Gasteiger partial charge in [0.25, 0.3) is 5.91 Å². The maximum absolute atomic E-state index is 14.2. The molecule has 0 spiro atoms. The second kappa shape index (κ2) is 7.36. The highest BCUT2D eigenvalue weighted by Gasteiger charge is 2.23. The molecular weight excluding hydrogens is 321 g/mol. The molecule has 0 fully saturated rings. The van der Waals surface area contributed by atoms with Crippen LogP contribution in [0.2, 0.25) is 0 Å². The van der Waals surface area contributed by atoms with Crippen LogP contribution < -0.4 is 16.0 Å². The first-order valence-corrected chi connectivity index (χ1v) is 8.01. The van der Waals surface area contributed by atoms with Crippen molar-refractivity contribution < 1.29 is 13.9 Å². The maximum Gasteiger partial charge on any atom is 0.257 e. The Morgan fingerprint density at radius 2 is 2.08 bits per heavy atom. The molecule has 0 bridgehead atoms. The number of hydrogen-bond acceptors (Lipinski definition) is 4. The predicted molar refractivity (Wildman–Crippen MR) is 98.0 cm³/mol. The van der Waals surface area contributed by atoms with Crippen LogP contribution in [0.15, 0.2) is 48.7 Å². The van der Waals surface area contributed by atoms with Crippen LogP contribution >= 0.6 is 0 Å². The van der Waals surface area contributed by atoms with E-state index in [9.17, 15) is 9.18 Å². The minimum absolute atomic E-state index is 0.000821. The highest BCUT2D eigenvalue weighted by molar-refractivity contribution is 6.31. The van der Waals surface area contributed by atoms with Crippen LogP contribution in [0.25, 0.3) is 5.57 Å². The van der Waals surface area contributed by atoms with E-state index in [0.29, 0.717) is 23.6 Å². The number of ether oxygens (including phenoxy) is 1. The van der Waals surface area contributed by atoms with E-state index >= 15 is 0 Å². The van der Waals surface area contributed by atoms with Crippen molar-refractivity contribution in [1.82, 2.24) is 0 Å². The van der Waals surface area contributed by atoms with Gasteiger partial charge >= 0.3 is 0 Å². The second-order valence-corrected chi connectivity index (χ2v) is 5.90. The van der Waals surface area contributed by atoms with Crippen molar-refractivity contribution in [3.05, 3.63) is 60.0 Å². The van der Waals surface area contributed by atoms with E-state index in [4.69, 9.17) is 4.74 Å². The molecule has 1 heterocycles. The normalized spacial score (nSPS) is 15.6. The smallest absolute Gasteiger partial charge is 0.257 e. The summed E-state index contributed by atoms with van der Waals surface area (Å²) in [6, 6.07) is 12.2. The molecule has 1 aliphatic heterocycles. The second-order valence-electron chi connectivity index (χ2n) is 5.90. The van der Waals surface area contributed by atoms with Crippen molar-refractivity contribution in [2.24, 2.45) is 0 Å². The van der Waals surface area contributed by atoms with Crippen LogP contribution in [0, 0.1) is 5.82 Å². The van der Waals surface area contributed by atoms with Crippen LogP contribution in [-0.2, 0) is 9.53 Å². The van der Waals surface area contributed by atoms with Crippen LogP contribution in [0.5, 0.6) is 0 Å². The van der Waals surface area contributed by atoms with Crippen LogP contribution in [-0.4, -0.2) is 25.7 Å². The van der Waals surface area contributed by atoms with E-state index < -0.39 is 0 Å². The van der Waals surface area contributed by atoms with Gasteiger partial charge in [-0.25, -0.2) is 4.39 Å². The maximum atomic E-state index is 14.2. The Hall–Kier alpha value is -2.86. The first-order valence-electron chi connectivity index (χ1n) is 8.01. The molecule has 1 unspecified atom stereocenters. The van der Waals surface area contributed by atoms with Gasteiger partial charge in [0.1, 0.15) is 5.82 Å². The van der Waals surface area contributed by atoms with Crippen molar-refractivity contribution in [2.45, 2.75) is 13.0 Å². The van der Waals surface area contributed by atoms with Gasteiger partial charge in [-0.15, -0.1) is 0 Å². The summed E-state index contributed by atoms with van der Waals surface area (Å²) >= 11 is 0. The zero-order valence-electron chi connectivity index (χ0n) is 14.1. The minimum Gasteiger partial charge on any atom is -0.383 e. The summed E-state index contributed by atoms with van der Waals surface area (Å²) in [6.45, 7) is 2.40. The molecule has 2 aromatic carbocycles. The van der Waals surface area contributed by atoms with E-state index in [1.807, 2.05) is 31.2 Å². The molecule has 1 amide bonds. The highest BCUT2D eigenvalue weighted by atomic mass is 19.1. The first kappa shape index (κ1) is 17.0. The lowest BCUT2D eigenvalue weighted by Gasteiger charge is -2.15. The Morgan fingerprint density at radius 3 is 2.84 bits per heavy atom. The van der Waals surface area contributed by atoms with E-state index in [1.54, 1.807) is 25.4 Å². The Kier molecular flexibility index (Phi) is 5.00. The van der Waals surface area contributed by atoms with Gasteiger partial charge in [0.2, 0.25) is 0 Å². The van der Waals surface area contributed by atoms with Crippen LogP contribution in [0.4, 0.5) is 21.5 Å². The number of anilines is 3.